The molecule has 18 heavy (non-hydrogen) atoms. The van der Waals surface area contributed by atoms with Crippen LogP contribution in [0.5, 0.6) is 5.75 Å². The highest BCUT2D eigenvalue weighted by Gasteiger charge is 2.08. The molecule has 1 aromatic carbocycles. The van der Waals surface area contributed by atoms with Gasteiger partial charge in [0.25, 0.3) is 0 Å². The number of aromatic nitrogens is 3. The van der Waals surface area contributed by atoms with E-state index in [9.17, 15) is 4.79 Å². The lowest BCUT2D eigenvalue weighted by atomic mass is 10.2. The molecule has 7 heteroatoms. The summed E-state index contributed by atoms with van der Waals surface area (Å²) in [6.07, 6.45) is 1.75. The number of aryl methyl sites for hydroxylation is 1. The highest BCUT2D eigenvalue weighted by molar-refractivity contribution is 9.10. The standard InChI is InChI=1S/C11H10BrN3O3/c1-15-5-8(13-14-15)6-18-10-3-2-7(11(16)17)4-9(10)12/h2-5H,6H2,1H3,(H,16,17). The van der Waals surface area contributed by atoms with Crippen LogP contribution in [0.4, 0.5) is 0 Å². The van der Waals surface area contributed by atoms with E-state index < -0.39 is 5.97 Å². The zero-order chi connectivity index (χ0) is 13.1. The maximum Gasteiger partial charge on any atom is 0.335 e. The fraction of sp³-hybridized carbons (Fsp3) is 0.182. The summed E-state index contributed by atoms with van der Waals surface area (Å²) in [4.78, 5) is 10.8. The topological polar surface area (TPSA) is 77.2 Å². The zero-order valence-corrected chi connectivity index (χ0v) is 11.1. The Balaban J connectivity index is 2.08. The van der Waals surface area contributed by atoms with E-state index in [1.54, 1.807) is 24.0 Å². The minimum Gasteiger partial charge on any atom is -0.486 e. The van der Waals surface area contributed by atoms with E-state index in [1.807, 2.05) is 0 Å². The quantitative estimate of drug-likeness (QED) is 0.932. The summed E-state index contributed by atoms with van der Waals surface area (Å²) in [5.41, 5.74) is 0.903. The number of benzene rings is 1. The van der Waals surface area contributed by atoms with Crippen LogP contribution in [-0.4, -0.2) is 26.1 Å². The second-order valence-electron chi connectivity index (χ2n) is 3.62. The minimum atomic E-state index is -0.976. The molecule has 0 aliphatic carbocycles. The van der Waals surface area contributed by atoms with Gasteiger partial charge in [-0.3, -0.25) is 4.68 Å². The molecule has 0 atom stereocenters. The second kappa shape index (κ2) is 5.18. The molecule has 2 aromatic rings. The molecule has 1 aromatic heterocycles. The van der Waals surface area contributed by atoms with Crippen molar-refractivity contribution in [1.82, 2.24) is 15.0 Å². The number of nitrogens with zero attached hydrogens (tertiary/aromatic N) is 3. The van der Waals surface area contributed by atoms with Gasteiger partial charge < -0.3 is 9.84 Å². The van der Waals surface area contributed by atoms with E-state index in [4.69, 9.17) is 9.84 Å². The number of hydrogen-bond donors (Lipinski definition) is 1. The first kappa shape index (κ1) is 12.6. The first-order valence-electron chi connectivity index (χ1n) is 5.07. The SMILES string of the molecule is Cn1cc(COc2ccc(C(=O)O)cc2Br)nn1. The Labute approximate surface area is 111 Å². The number of halogens is 1. The van der Waals surface area contributed by atoms with Crippen LogP contribution in [-0.2, 0) is 13.7 Å². The molecule has 2 rings (SSSR count). The molecule has 0 bridgehead atoms. The number of carbonyl (C=O) groups is 1. The highest BCUT2D eigenvalue weighted by atomic mass is 79.9. The molecule has 0 saturated heterocycles. The predicted octanol–water partition coefficient (Wildman–Crippen LogP) is 1.85. The zero-order valence-electron chi connectivity index (χ0n) is 9.50. The van der Waals surface area contributed by atoms with Crippen molar-refractivity contribution in [3.8, 4) is 5.75 Å². The summed E-state index contributed by atoms with van der Waals surface area (Å²) in [5.74, 6) is -0.415. The van der Waals surface area contributed by atoms with Gasteiger partial charge in [0.05, 0.1) is 16.2 Å². The van der Waals surface area contributed by atoms with Gasteiger partial charge >= 0.3 is 5.97 Å². The fourth-order valence-electron chi connectivity index (χ4n) is 1.36. The van der Waals surface area contributed by atoms with Gasteiger partial charge in [-0.2, -0.15) is 0 Å². The number of ether oxygens (including phenoxy) is 1. The maximum atomic E-state index is 10.8. The van der Waals surface area contributed by atoms with Crippen LogP contribution in [0.15, 0.2) is 28.9 Å². The summed E-state index contributed by atoms with van der Waals surface area (Å²) >= 11 is 3.26. The monoisotopic (exact) mass is 311 g/mol. The van der Waals surface area contributed by atoms with Gasteiger partial charge in [0.1, 0.15) is 18.1 Å². The molecular formula is C11H10BrN3O3. The van der Waals surface area contributed by atoms with Crippen LogP contribution in [0.3, 0.4) is 0 Å². The first-order chi connectivity index (χ1) is 8.56. The van der Waals surface area contributed by atoms with E-state index in [0.29, 0.717) is 15.9 Å². The number of carboxylic acids is 1. The van der Waals surface area contributed by atoms with E-state index in [1.165, 1.54) is 12.1 Å². The largest absolute Gasteiger partial charge is 0.486 e. The normalized spacial score (nSPS) is 10.3. The third-order valence-corrected chi connectivity index (χ3v) is 2.82. The van der Waals surface area contributed by atoms with Crippen LogP contribution in [0, 0.1) is 0 Å². The van der Waals surface area contributed by atoms with Gasteiger partial charge in [0.15, 0.2) is 0 Å². The first-order valence-corrected chi connectivity index (χ1v) is 5.86. The summed E-state index contributed by atoms with van der Waals surface area (Å²) in [5, 5.41) is 16.5. The molecule has 94 valence electrons. The van der Waals surface area contributed by atoms with Crippen molar-refractivity contribution in [3.63, 3.8) is 0 Å². The third-order valence-electron chi connectivity index (χ3n) is 2.20. The van der Waals surface area contributed by atoms with Crippen LogP contribution in [0.25, 0.3) is 0 Å². The summed E-state index contributed by atoms with van der Waals surface area (Å²) in [7, 11) is 1.77. The molecule has 0 fully saturated rings. The van der Waals surface area contributed by atoms with Gasteiger partial charge in [0, 0.05) is 7.05 Å². The van der Waals surface area contributed by atoms with E-state index >= 15 is 0 Å². The summed E-state index contributed by atoms with van der Waals surface area (Å²) in [6.45, 7) is 0.277. The second-order valence-corrected chi connectivity index (χ2v) is 4.48. The van der Waals surface area contributed by atoms with Crippen LogP contribution < -0.4 is 4.74 Å². The van der Waals surface area contributed by atoms with Gasteiger partial charge in [0.2, 0.25) is 0 Å². The number of aromatic carboxylic acids is 1. The lowest BCUT2D eigenvalue weighted by molar-refractivity contribution is 0.0696. The Kier molecular flexibility index (Phi) is 3.61. The fourth-order valence-corrected chi connectivity index (χ4v) is 1.86. The average Bonchev–Trinajstić information content (AvgIpc) is 2.73. The number of carboxylic acid groups (broad SMARTS) is 1. The van der Waals surface area contributed by atoms with Crippen molar-refractivity contribution in [2.45, 2.75) is 6.61 Å². The molecule has 1 N–H and O–H groups in total. The lowest BCUT2D eigenvalue weighted by Crippen LogP contribution is -1.99. The molecule has 6 nitrogen and oxygen atoms in total. The molecule has 0 amide bonds. The van der Waals surface area contributed by atoms with Crippen molar-refractivity contribution in [3.05, 3.63) is 40.1 Å². The van der Waals surface area contributed by atoms with Crippen molar-refractivity contribution < 1.29 is 14.6 Å². The summed E-state index contributed by atoms with van der Waals surface area (Å²) in [6, 6.07) is 4.58. The maximum absolute atomic E-state index is 10.8. The van der Waals surface area contributed by atoms with Crippen molar-refractivity contribution in [2.75, 3.05) is 0 Å². The van der Waals surface area contributed by atoms with Crippen molar-refractivity contribution in [1.29, 1.82) is 0 Å². The van der Waals surface area contributed by atoms with Gasteiger partial charge in [-0.15, -0.1) is 5.10 Å². The van der Waals surface area contributed by atoms with E-state index in [0.717, 1.165) is 0 Å². The molecule has 0 aliphatic rings. The summed E-state index contributed by atoms with van der Waals surface area (Å²) < 4.78 is 7.69. The van der Waals surface area contributed by atoms with Crippen LogP contribution in [0.2, 0.25) is 0 Å². The molecule has 0 radical (unpaired) electrons. The third kappa shape index (κ3) is 2.86. The van der Waals surface area contributed by atoms with Gasteiger partial charge in [-0.1, -0.05) is 5.21 Å². The molecule has 0 spiro atoms. The smallest absolute Gasteiger partial charge is 0.335 e. The number of rotatable bonds is 4. The Morgan fingerprint density at radius 2 is 2.33 bits per heavy atom. The molecule has 0 unspecified atom stereocenters. The van der Waals surface area contributed by atoms with Gasteiger partial charge in [-0.25, -0.2) is 4.79 Å². The Hall–Kier alpha value is -1.89. The predicted molar refractivity (Wildman–Crippen MR) is 66.4 cm³/mol. The van der Waals surface area contributed by atoms with Crippen LogP contribution in [0.1, 0.15) is 16.1 Å². The lowest BCUT2D eigenvalue weighted by Gasteiger charge is -2.06. The molecule has 0 aliphatic heterocycles. The van der Waals surface area contributed by atoms with Crippen molar-refractivity contribution >= 4 is 21.9 Å². The van der Waals surface area contributed by atoms with Crippen LogP contribution >= 0.6 is 15.9 Å². The molecule has 1 heterocycles. The average molecular weight is 312 g/mol. The highest BCUT2D eigenvalue weighted by Crippen LogP contribution is 2.26. The van der Waals surface area contributed by atoms with E-state index in [-0.39, 0.29) is 12.2 Å². The van der Waals surface area contributed by atoms with E-state index in [2.05, 4.69) is 26.2 Å². The molecular weight excluding hydrogens is 302 g/mol. The Bertz CT molecular complexity index is 583. The Morgan fingerprint density at radius 3 is 2.89 bits per heavy atom. The Morgan fingerprint density at radius 1 is 1.56 bits per heavy atom. The van der Waals surface area contributed by atoms with Crippen molar-refractivity contribution in [2.24, 2.45) is 7.05 Å². The minimum absolute atomic E-state index is 0.203. The number of hydrogen-bond acceptors (Lipinski definition) is 4. The van der Waals surface area contributed by atoms with Gasteiger partial charge in [-0.05, 0) is 34.1 Å². The molecule has 0 saturated carbocycles.